The van der Waals surface area contributed by atoms with E-state index in [4.69, 9.17) is 21.3 Å². The molecule has 1 atom stereocenters. The normalized spacial score (nSPS) is 13.3. The van der Waals surface area contributed by atoms with Crippen LogP contribution in [0.1, 0.15) is 31.3 Å². The van der Waals surface area contributed by atoms with E-state index in [0.717, 1.165) is 17.8 Å². The first-order valence-corrected chi connectivity index (χ1v) is 7.65. The Morgan fingerprint density at radius 3 is 2.70 bits per heavy atom. The molecular formula is C16H23ClN2O. The minimum Gasteiger partial charge on any atom is -0.383 e. The summed E-state index contributed by atoms with van der Waals surface area (Å²) in [5, 5.41) is 0. The van der Waals surface area contributed by atoms with Crippen LogP contribution >= 0.6 is 11.6 Å². The predicted octanol–water partition coefficient (Wildman–Crippen LogP) is 3.97. The zero-order valence-corrected chi connectivity index (χ0v) is 13.4. The first-order chi connectivity index (χ1) is 9.60. The number of benzene rings is 1. The molecule has 0 amide bonds. The van der Waals surface area contributed by atoms with Crippen molar-refractivity contribution in [3.05, 3.63) is 29.6 Å². The first-order valence-electron chi connectivity index (χ1n) is 7.11. The van der Waals surface area contributed by atoms with Gasteiger partial charge in [0.2, 0.25) is 0 Å². The van der Waals surface area contributed by atoms with Crippen LogP contribution < -0.4 is 0 Å². The van der Waals surface area contributed by atoms with Gasteiger partial charge < -0.3 is 9.30 Å². The van der Waals surface area contributed by atoms with Crippen LogP contribution in [-0.2, 0) is 11.2 Å². The maximum atomic E-state index is 5.95. The third kappa shape index (κ3) is 2.84. The summed E-state index contributed by atoms with van der Waals surface area (Å²) in [6.07, 6.45) is 0.780. The molecule has 3 nitrogen and oxygen atoms in total. The number of ether oxygens (including phenoxy) is 1. The summed E-state index contributed by atoms with van der Waals surface area (Å²) < 4.78 is 7.74. The molecule has 0 radical (unpaired) electrons. The molecule has 0 saturated heterocycles. The second-order valence-electron chi connectivity index (χ2n) is 5.55. The molecule has 1 aromatic carbocycles. The Hall–Kier alpha value is -1.06. The van der Waals surface area contributed by atoms with E-state index in [9.17, 15) is 0 Å². The van der Waals surface area contributed by atoms with Crippen LogP contribution in [0.15, 0.2) is 18.2 Å². The molecule has 0 saturated carbocycles. The SMILES string of the molecule is COCC(C(C)C)n1c(CCCl)nc2c(C)cccc21. The van der Waals surface area contributed by atoms with Crippen molar-refractivity contribution in [2.75, 3.05) is 19.6 Å². The Morgan fingerprint density at radius 2 is 2.10 bits per heavy atom. The summed E-state index contributed by atoms with van der Waals surface area (Å²) in [6.45, 7) is 7.22. The van der Waals surface area contributed by atoms with Crippen molar-refractivity contribution in [1.29, 1.82) is 0 Å². The number of para-hydroxylation sites is 1. The van der Waals surface area contributed by atoms with Crippen LogP contribution in [-0.4, -0.2) is 29.1 Å². The van der Waals surface area contributed by atoms with E-state index >= 15 is 0 Å². The number of nitrogens with zero attached hydrogens (tertiary/aromatic N) is 2. The van der Waals surface area contributed by atoms with Gasteiger partial charge in [0.05, 0.1) is 23.7 Å². The van der Waals surface area contributed by atoms with Gasteiger partial charge in [0, 0.05) is 19.4 Å². The van der Waals surface area contributed by atoms with Crippen molar-refractivity contribution in [2.24, 2.45) is 5.92 Å². The van der Waals surface area contributed by atoms with Crippen LogP contribution in [0.2, 0.25) is 0 Å². The maximum Gasteiger partial charge on any atom is 0.111 e. The van der Waals surface area contributed by atoms with E-state index in [1.165, 1.54) is 11.1 Å². The number of hydrogen-bond acceptors (Lipinski definition) is 2. The lowest BCUT2D eigenvalue weighted by Gasteiger charge is -2.24. The van der Waals surface area contributed by atoms with Crippen LogP contribution in [0.3, 0.4) is 0 Å². The number of rotatable bonds is 6. The van der Waals surface area contributed by atoms with Crippen LogP contribution in [0.25, 0.3) is 11.0 Å². The molecule has 110 valence electrons. The van der Waals surface area contributed by atoms with E-state index in [-0.39, 0.29) is 6.04 Å². The first kappa shape index (κ1) is 15.3. The van der Waals surface area contributed by atoms with Gasteiger partial charge in [-0.15, -0.1) is 11.6 Å². The number of hydrogen-bond donors (Lipinski definition) is 0. The van der Waals surface area contributed by atoms with Gasteiger partial charge in [-0.3, -0.25) is 0 Å². The summed E-state index contributed by atoms with van der Waals surface area (Å²) in [6, 6.07) is 6.61. The minimum absolute atomic E-state index is 0.282. The van der Waals surface area contributed by atoms with Crippen molar-refractivity contribution in [2.45, 2.75) is 33.2 Å². The molecule has 0 aliphatic carbocycles. The van der Waals surface area contributed by atoms with Crippen molar-refractivity contribution in [3.8, 4) is 0 Å². The topological polar surface area (TPSA) is 27.1 Å². The summed E-state index contributed by atoms with van der Waals surface area (Å²) in [5.74, 6) is 2.11. The van der Waals surface area contributed by atoms with Crippen LogP contribution in [0, 0.1) is 12.8 Å². The monoisotopic (exact) mass is 294 g/mol. The summed E-state index contributed by atoms with van der Waals surface area (Å²) in [7, 11) is 1.75. The molecule has 0 fully saturated rings. The fraction of sp³-hybridized carbons (Fsp3) is 0.562. The second-order valence-corrected chi connectivity index (χ2v) is 5.92. The van der Waals surface area contributed by atoms with Gasteiger partial charge in [-0.2, -0.15) is 0 Å². The summed E-state index contributed by atoms with van der Waals surface area (Å²) in [5.41, 5.74) is 3.47. The van der Waals surface area contributed by atoms with Gasteiger partial charge in [0.25, 0.3) is 0 Å². The highest BCUT2D eigenvalue weighted by atomic mass is 35.5. The smallest absolute Gasteiger partial charge is 0.111 e. The van der Waals surface area contributed by atoms with Gasteiger partial charge in [0.15, 0.2) is 0 Å². The highest BCUT2D eigenvalue weighted by Gasteiger charge is 2.22. The van der Waals surface area contributed by atoms with E-state index in [1.54, 1.807) is 7.11 Å². The van der Waals surface area contributed by atoms with Gasteiger partial charge in [-0.05, 0) is 24.5 Å². The van der Waals surface area contributed by atoms with Gasteiger partial charge in [-0.25, -0.2) is 4.98 Å². The van der Waals surface area contributed by atoms with Crippen LogP contribution in [0.4, 0.5) is 0 Å². The molecule has 1 unspecified atom stereocenters. The minimum atomic E-state index is 0.282. The summed E-state index contributed by atoms with van der Waals surface area (Å²) in [4.78, 5) is 4.81. The van der Waals surface area contributed by atoms with E-state index in [2.05, 4.69) is 43.5 Å². The lowest BCUT2D eigenvalue weighted by molar-refractivity contribution is 0.133. The van der Waals surface area contributed by atoms with Crippen molar-refractivity contribution in [3.63, 3.8) is 0 Å². The molecule has 0 aliphatic heterocycles. The van der Waals surface area contributed by atoms with Crippen molar-refractivity contribution < 1.29 is 4.74 Å². The van der Waals surface area contributed by atoms with Gasteiger partial charge >= 0.3 is 0 Å². The highest BCUT2D eigenvalue weighted by Crippen LogP contribution is 2.28. The molecular weight excluding hydrogens is 272 g/mol. The predicted molar refractivity (Wildman–Crippen MR) is 84.6 cm³/mol. The maximum absolute atomic E-state index is 5.95. The molecule has 2 rings (SSSR count). The number of methoxy groups -OCH3 is 1. The molecule has 0 N–H and O–H groups in total. The van der Waals surface area contributed by atoms with Crippen molar-refractivity contribution >= 4 is 22.6 Å². The number of alkyl halides is 1. The molecule has 1 aromatic heterocycles. The van der Waals surface area contributed by atoms with Crippen molar-refractivity contribution in [1.82, 2.24) is 9.55 Å². The number of fused-ring (bicyclic) bond motifs is 1. The molecule has 20 heavy (non-hydrogen) atoms. The van der Waals surface area contributed by atoms with E-state index < -0.39 is 0 Å². The Bertz CT molecular complexity index is 577. The lowest BCUT2D eigenvalue weighted by atomic mass is 10.0. The zero-order valence-electron chi connectivity index (χ0n) is 12.7. The van der Waals surface area contributed by atoms with E-state index in [0.29, 0.717) is 18.4 Å². The number of aryl methyl sites for hydroxylation is 2. The van der Waals surface area contributed by atoms with Gasteiger partial charge in [0.1, 0.15) is 5.82 Å². The number of aromatic nitrogens is 2. The molecule has 4 heteroatoms. The second kappa shape index (κ2) is 6.59. The van der Waals surface area contributed by atoms with Crippen LogP contribution in [0.5, 0.6) is 0 Å². The molecule has 0 spiro atoms. The quantitative estimate of drug-likeness (QED) is 0.754. The lowest BCUT2D eigenvalue weighted by Crippen LogP contribution is -2.22. The molecule has 1 heterocycles. The fourth-order valence-corrected chi connectivity index (χ4v) is 2.84. The third-order valence-corrected chi connectivity index (χ3v) is 3.94. The Labute approximate surface area is 125 Å². The molecule has 0 aliphatic rings. The Kier molecular flexibility index (Phi) is 5.06. The largest absolute Gasteiger partial charge is 0.383 e. The zero-order chi connectivity index (χ0) is 14.7. The average molecular weight is 295 g/mol. The molecule has 0 bridgehead atoms. The fourth-order valence-electron chi connectivity index (χ4n) is 2.67. The van der Waals surface area contributed by atoms with Gasteiger partial charge in [-0.1, -0.05) is 26.0 Å². The number of halogens is 1. The molecule has 2 aromatic rings. The van der Waals surface area contributed by atoms with E-state index in [1.807, 2.05) is 0 Å². The third-order valence-electron chi connectivity index (χ3n) is 3.75. The highest BCUT2D eigenvalue weighted by molar-refractivity contribution is 6.17. The Morgan fingerprint density at radius 1 is 1.35 bits per heavy atom. The Balaban J connectivity index is 2.63. The summed E-state index contributed by atoms with van der Waals surface area (Å²) >= 11 is 5.95. The number of imidazole rings is 1. The average Bonchev–Trinajstić information content (AvgIpc) is 2.76. The standard InChI is InChI=1S/C16H23ClN2O/c1-11(2)14(10-20-4)19-13-7-5-6-12(3)16(13)18-15(19)8-9-17/h5-7,11,14H,8-10H2,1-4H3.